The van der Waals surface area contributed by atoms with E-state index in [-0.39, 0.29) is 11.3 Å². The number of carbonyl (C=O) groups excluding carboxylic acids is 1. The molecule has 0 radical (unpaired) electrons. The smallest absolute Gasteiger partial charge is 0.335 e. The van der Waals surface area contributed by atoms with Crippen molar-refractivity contribution in [3.63, 3.8) is 0 Å². The lowest BCUT2D eigenvalue weighted by Crippen LogP contribution is -2.33. The Bertz CT molecular complexity index is 528. The number of carboxylic acids is 1. The first-order valence-corrected chi connectivity index (χ1v) is 5.26. The first kappa shape index (κ1) is 14.4. The zero-order valence-electron chi connectivity index (χ0n) is 10.2. The molecule has 0 heterocycles. The molecule has 0 aliphatic heterocycles. The Labute approximate surface area is 108 Å². The number of likely N-dealkylation sites (N-methyl/N-ethyl adjacent to an activating group) is 1. The highest BCUT2D eigenvalue weighted by Gasteiger charge is 2.22. The van der Waals surface area contributed by atoms with Crippen LogP contribution in [0.3, 0.4) is 0 Å². The van der Waals surface area contributed by atoms with Gasteiger partial charge in [-0.25, -0.2) is 4.79 Å². The van der Waals surface area contributed by atoms with Gasteiger partial charge in [0.05, 0.1) is 10.5 Å². The molecular weight excluding hydrogens is 256 g/mol. The normalized spacial score (nSPS) is 11.5. The van der Waals surface area contributed by atoms with Gasteiger partial charge in [0.25, 0.3) is 5.91 Å². The fourth-order valence-electron chi connectivity index (χ4n) is 1.34. The predicted octanol–water partition coefficient (Wildman–Crippen LogP) is 0.806. The van der Waals surface area contributed by atoms with E-state index in [1.54, 1.807) is 0 Å². The van der Waals surface area contributed by atoms with Crippen LogP contribution in [-0.4, -0.2) is 35.1 Å². The number of carboxylic acid groups (broad SMARTS) is 1. The lowest BCUT2D eigenvalue weighted by molar-refractivity contribution is -0.386. The number of nitro benzene ring substituents is 1. The van der Waals surface area contributed by atoms with Crippen LogP contribution in [-0.2, 0) is 4.79 Å². The molecule has 0 fully saturated rings. The van der Waals surface area contributed by atoms with E-state index in [0.29, 0.717) is 0 Å². The third kappa shape index (κ3) is 3.41. The van der Waals surface area contributed by atoms with Gasteiger partial charge in [-0.15, -0.1) is 0 Å². The van der Waals surface area contributed by atoms with Crippen LogP contribution in [0.1, 0.15) is 17.3 Å². The van der Waals surface area contributed by atoms with Gasteiger partial charge in [-0.05, 0) is 13.0 Å². The summed E-state index contributed by atoms with van der Waals surface area (Å²) in [4.78, 5) is 32.2. The number of hydrogen-bond donors (Lipinski definition) is 2. The number of aromatic carboxylic acids is 1. The van der Waals surface area contributed by atoms with Gasteiger partial charge in [0.1, 0.15) is 0 Å². The molecule has 2 N–H and O–H groups in total. The van der Waals surface area contributed by atoms with Gasteiger partial charge < -0.3 is 15.2 Å². The average molecular weight is 268 g/mol. The molecule has 0 aliphatic rings. The number of nitro groups is 1. The molecule has 1 rings (SSSR count). The minimum absolute atomic E-state index is 0.162. The van der Waals surface area contributed by atoms with E-state index in [0.717, 1.165) is 18.2 Å². The highest BCUT2D eigenvalue weighted by Crippen LogP contribution is 2.28. The van der Waals surface area contributed by atoms with Gasteiger partial charge in [0, 0.05) is 19.2 Å². The molecule has 1 aromatic carbocycles. The van der Waals surface area contributed by atoms with Crippen LogP contribution in [0.5, 0.6) is 5.75 Å². The molecule has 0 spiro atoms. The molecule has 0 aromatic heterocycles. The van der Waals surface area contributed by atoms with E-state index < -0.39 is 28.6 Å². The number of benzene rings is 1. The van der Waals surface area contributed by atoms with Crippen LogP contribution in [0.15, 0.2) is 18.2 Å². The summed E-state index contributed by atoms with van der Waals surface area (Å²) in [5.41, 5.74) is -0.564. The molecule has 1 unspecified atom stereocenters. The van der Waals surface area contributed by atoms with Crippen LogP contribution in [0.25, 0.3) is 0 Å². The second-order valence-corrected chi connectivity index (χ2v) is 3.62. The summed E-state index contributed by atoms with van der Waals surface area (Å²) in [6.07, 6.45) is -0.979. The topological polar surface area (TPSA) is 119 Å². The third-order valence-electron chi connectivity index (χ3n) is 2.32. The second-order valence-electron chi connectivity index (χ2n) is 3.62. The Kier molecular flexibility index (Phi) is 4.41. The van der Waals surface area contributed by atoms with Gasteiger partial charge in [-0.2, -0.15) is 0 Å². The Hall–Kier alpha value is -2.64. The molecule has 1 atom stereocenters. The Morgan fingerprint density at radius 1 is 1.47 bits per heavy atom. The first-order chi connectivity index (χ1) is 8.86. The van der Waals surface area contributed by atoms with Crippen LogP contribution >= 0.6 is 0 Å². The monoisotopic (exact) mass is 268 g/mol. The summed E-state index contributed by atoms with van der Waals surface area (Å²) < 4.78 is 5.13. The van der Waals surface area contributed by atoms with Crippen LogP contribution < -0.4 is 10.1 Å². The van der Waals surface area contributed by atoms with Crippen molar-refractivity contribution in [3.05, 3.63) is 33.9 Å². The molecule has 19 heavy (non-hydrogen) atoms. The molecule has 0 bridgehead atoms. The van der Waals surface area contributed by atoms with Crippen LogP contribution in [0.4, 0.5) is 5.69 Å². The van der Waals surface area contributed by atoms with Crippen molar-refractivity contribution >= 4 is 17.6 Å². The van der Waals surface area contributed by atoms with Gasteiger partial charge in [-0.3, -0.25) is 14.9 Å². The van der Waals surface area contributed by atoms with Crippen molar-refractivity contribution in [1.82, 2.24) is 5.32 Å². The maximum atomic E-state index is 11.3. The molecular formula is C11H12N2O6. The quantitative estimate of drug-likeness (QED) is 0.602. The third-order valence-corrected chi connectivity index (χ3v) is 2.32. The summed E-state index contributed by atoms with van der Waals surface area (Å²) in [5.74, 6) is -1.98. The van der Waals surface area contributed by atoms with Gasteiger partial charge in [-0.1, -0.05) is 0 Å². The SMILES string of the molecule is CNC(=O)C(C)Oc1cc(C(=O)O)ccc1[N+](=O)[O-]. The first-order valence-electron chi connectivity index (χ1n) is 5.26. The van der Waals surface area contributed by atoms with Crippen molar-refractivity contribution in [2.45, 2.75) is 13.0 Å². The Balaban J connectivity index is 3.14. The van der Waals surface area contributed by atoms with Gasteiger partial charge in [0.2, 0.25) is 0 Å². The molecule has 8 heteroatoms. The lowest BCUT2D eigenvalue weighted by atomic mass is 10.2. The number of amides is 1. The molecule has 1 amide bonds. The highest BCUT2D eigenvalue weighted by atomic mass is 16.6. The fraction of sp³-hybridized carbons (Fsp3) is 0.273. The lowest BCUT2D eigenvalue weighted by Gasteiger charge is -2.13. The standard InChI is InChI=1S/C11H12N2O6/c1-6(10(14)12-2)19-9-5-7(11(15)16)3-4-8(9)13(17)18/h3-6H,1-2H3,(H,12,14)(H,15,16). The highest BCUT2D eigenvalue weighted by molar-refractivity contribution is 5.89. The van der Waals surface area contributed by atoms with E-state index in [1.165, 1.54) is 14.0 Å². The number of nitrogens with one attached hydrogen (secondary N) is 1. The largest absolute Gasteiger partial charge is 0.478 e. The summed E-state index contributed by atoms with van der Waals surface area (Å²) >= 11 is 0. The van der Waals surface area contributed by atoms with E-state index in [1.807, 2.05) is 0 Å². The van der Waals surface area contributed by atoms with Gasteiger partial charge in [0.15, 0.2) is 11.9 Å². The van der Waals surface area contributed by atoms with E-state index in [2.05, 4.69) is 5.32 Å². The number of hydrogen-bond acceptors (Lipinski definition) is 5. The zero-order chi connectivity index (χ0) is 14.6. The van der Waals surface area contributed by atoms with E-state index in [4.69, 9.17) is 9.84 Å². The fourth-order valence-corrected chi connectivity index (χ4v) is 1.34. The molecule has 0 aliphatic carbocycles. The Morgan fingerprint density at radius 2 is 2.11 bits per heavy atom. The molecule has 1 aromatic rings. The summed E-state index contributed by atoms with van der Waals surface area (Å²) in [6.45, 7) is 1.40. The summed E-state index contributed by atoms with van der Waals surface area (Å²) in [7, 11) is 1.39. The van der Waals surface area contributed by atoms with Crippen molar-refractivity contribution in [1.29, 1.82) is 0 Å². The molecule has 0 saturated heterocycles. The molecule has 102 valence electrons. The zero-order valence-corrected chi connectivity index (χ0v) is 10.2. The van der Waals surface area contributed by atoms with Crippen LogP contribution in [0.2, 0.25) is 0 Å². The minimum Gasteiger partial charge on any atom is -0.478 e. The predicted molar refractivity (Wildman–Crippen MR) is 64.2 cm³/mol. The van der Waals surface area contributed by atoms with E-state index in [9.17, 15) is 19.7 Å². The van der Waals surface area contributed by atoms with Crippen molar-refractivity contribution < 1.29 is 24.4 Å². The maximum Gasteiger partial charge on any atom is 0.335 e. The van der Waals surface area contributed by atoms with Crippen LogP contribution in [0, 0.1) is 10.1 Å². The van der Waals surface area contributed by atoms with Gasteiger partial charge >= 0.3 is 11.7 Å². The number of ether oxygens (including phenoxy) is 1. The van der Waals surface area contributed by atoms with Crippen molar-refractivity contribution in [2.24, 2.45) is 0 Å². The second kappa shape index (κ2) is 5.80. The molecule has 8 nitrogen and oxygen atoms in total. The van der Waals surface area contributed by atoms with Crippen molar-refractivity contribution in [3.8, 4) is 5.75 Å². The maximum absolute atomic E-state index is 11.3. The number of rotatable bonds is 5. The van der Waals surface area contributed by atoms with Crippen molar-refractivity contribution in [2.75, 3.05) is 7.05 Å². The average Bonchev–Trinajstić information content (AvgIpc) is 2.37. The molecule has 0 saturated carbocycles. The van der Waals surface area contributed by atoms with E-state index >= 15 is 0 Å². The number of nitrogens with zero attached hydrogens (tertiary/aromatic N) is 1. The number of carbonyl (C=O) groups is 2. The summed E-state index contributed by atoms with van der Waals surface area (Å²) in [5, 5.41) is 21.9. The Morgan fingerprint density at radius 3 is 2.58 bits per heavy atom. The summed E-state index contributed by atoms with van der Waals surface area (Å²) in [6, 6.07) is 3.13. The minimum atomic E-state index is -1.24.